The predicted octanol–water partition coefficient (Wildman–Crippen LogP) is 9.28. The lowest BCUT2D eigenvalue weighted by molar-refractivity contribution is -0.187. The van der Waals surface area contributed by atoms with E-state index in [0.717, 1.165) is 47.9 Å². The van der Waals surface area contributed by atoms with Crippen molar-refractivity contribution in [3.63, 3.8) is 0 Å². The number of rotatable bonds is 8. The summed E-state index contributed by atoms with van der Waals surface area (Å²) >= 11 is 0. The second-order valence-corrected chi connectivity index (χ2v) is 20.9. The highest BCUT2D eigenvalue weighted by Crippen LogP contribution is 2.78. The first-order chi connectivity index (χ1) is 28.0. The van der Waals surface area contributed by atoms with E-state index in [1.54, 1.807) is 0 Å². The summed E-state index contributed by atoms with van der Waals surface area (Å²) in [5.41, 5.74) is -1.71. The molecule has 0 radical (unpaired) electrons. The molecule has 7 heteroatoms. The van der Waals surface area contributed by atoms with Crippen LogP contribution in [0.1, 0.15) is 108 Å². The van der Waals surface area contributed by atoms with E-state index in [4.69, 9.17) is 4.74 Å². The van der Waals surface area contributed by atoms with Crippen molar-refractivity contribution >= 4 is 17.7 Å². The highest BCUT2D eigenvalue weighted by molar-refractivity contribution is 6.14. The summed E-state index contributed by atoms with van der Waals surface area (Å²) in [5, 5.41) is 24.7. The molecular weight excluding hydrogens is 735 g/mol. The minimum atomic E-state index is -1.31. The summed E-state index contributed by atoms with van der Waals surface area (Å²) in [6.45, 7) is 10.9. The molecule has 5 fully saturated rings. The first kappa shape index (κ1) is 38.8. The third-order valence-electron chi connectivity index (χ3n) is 18.6. The summed E-state index contributed by atoms with van der Waals surface area (Å²) in [6, 6.07) is 28.0. The third kappa shape index (κ3) is 4.81. The molecule has 1 heterocycles. The predicted molar refractivity (Wildman–Crippen MR) is 227 cm³/mol. The number of ether oxygens (including phenoxy) is 1. The number of Topliss-reactive ketones (excluding diaryl/α,β-unsaturated/α-hetero) is 1. The summed E-state index contributed by atoms with van der Waals surface area (Å²) in [7, 11) is 0. The summed E-state index contributed by atoms with van der Waals surface area (Å²) < 4.78 is 6.19. The van der Waals surface area contributed by atoms with Crippen LogP contribution in [-0.2, 0) is 20.9 Å². The number of esters is 1. The Hall–Kier alpha value is -4.33. The molecule has 59 heavy (non-hydrogen) atoms. The number of aliphatic hydroxyl groups excluding tert-OH is 1. The molecule has 0 aromatic heterocycles. The lowest BCUT2D eigenvalue weighted by atomic mass is 9.32. The molecule has 7 aliphatic carbocycles. The van der Waals surface area contributed by atoms with Crippen molar-refractivity contribution in [1.29, 1.82) is 0 Å². The van der Waals surface area contributed by atoms with Crippen molar-refractivity contribution in [1.82, 2.24) is 4.90 Å². The maximum atomic E-state index is 15.6. The first-order valence-corrected chi connectivity index (χ1v) is 22.1. The van der Waals surface area contributed by atoms with Crippen LogP contribution in [0.5, 0.6) is 0 Å². The van der Waals surface area contributed by atoms with E-state index >= 15 is 9.59 Å². The Labute approximate surface area is 348 Å². The highest BCUT2D eigenvalue weighted by Gasteiger charge is 2.78. The van der Waals surface area contributed by atoms with E-state index in [2.05, 4.69) is 44.2 Å². The van der Waals surface area contributed by atoms with Crippen LogP contribution in [-0.4, -0.2) is 56.6 Å². The van der Waals surface area contributed by atoms with Gasteiger partial charge in [0, 0.05) is 39.3 Å². The average Bonchev–Trinajstić information content (AvgIpc) is 3.68. The molecule has 7 nitrogen and oxygen atoms in total. The molecule has 10 atom stereocenters. The summed E-state index contributed by atoms with van der Waals surface area (Å²) in [4.78, 5) is 46.2. The van der Waals surface area contributed by atoms with Crippen LogP contribution in [0, 0.1) is 44.3 Å². The minimum absolute atomic E-state index is 0.0227. The van der Waals surface area contributed by atoms with Crippen molar-refractivity contribution in [3.8, 4) is 11.1 Å². The SMILES string of the molecule is CC1(C)[C@@]2(C)CC[C@]1(C(=O)N(Cc1ccccc1)C[C@]1(O)CC[C@H]3[C@]45C=C[C@@]6(C=C4C(=O)c4ccccc4-c4ccccc4)CC(O)CC[C@]6(C)[C@H]5CC[C@@]31C)OC2=O. The standard InChI is InChI=1S/C52H59NO6/c1-45(2)48(5)26-29-52(45,59-44(48)57)43(56)53(32-34-14-8-6-9-15-34)33-50(58)25-22-41-47(50,4)24-21-40-46(3)23-20-36(54)30-49(46)27-28-51(40,41)39(31-49)42(55)38-19-13-12-18-37(38)35-16-10-7-11-17-35/h6-19,27-28,31,36,40-41,54,58H,20-26,29-30,32-33H2,1-5H3/t36?,40-,41-,46-,47+,48+,49+,50-,51-,52-/m1/s1. The molecular formula is C52H59NO6. The largest absolute Gasteiger partial charge is 0.448 e. The Balaban J connectivity index is 1.08. The van der Waals surface area contributed by atoms with Crippen LogP contribution in [0.3, 0.4) is 0 Å². The summed E-state index contributed by atoms with van der Waals surface area (Å²) in [6.07, 6.45) is 12.5. The molecule has 1 saturated heterocycles. The topological polar surface area (TPSA) is 104 Å². The molecule has 4 bridgehead atoms. The van der Waals surface area contributed by atoms with Gasteiger partial charge >= 0.3 is 5.97 Å². The van der Waals surface area contributed by atoms with Gasteiger partial charge in [-0.05, 0) is 98.7 Å². The number of aliphatic hydroxyl groups is 2. The number of hydrogen-bond acceptors (Lipinski definition) is 6. The van der Waals surface area contributed by atoms with Gasteiger partial charge in [-0.25, -0.2) is 0 Å². The first-order valence-electron chi connectivity index (χ1n) is 22.1. The van der Waals surface area contributed by atoms with Gasteiger partial charge in [0.25, 0.3) is 5.91 Å². The number of allylic oxidation sites excluding steroid dienone is 4. The molecule has 3 aromatic rings. The lowest BCUT2D eigenvalue weighted by Gasteiger charge is -2.71. The van der Waals surface area contributed by atoms with Crippen LogP contribution < -0.4 is 0 Å². The number of amides is 1. The van der Waals surface area contributed by atoms with Gasteiger partial charge in [-0.15, -0.1) is 0 Å². The minimum Gasteiger partial charge on any atom is -0.448 e. The number of nitrogens with zero attached hydrogens (tertiary/aromatic N) is 1. The molecule has 11 rings (SSSR count). The Kier molecular flexibility index (Phi) is 8.30. The number of carbonyl (C=O) groups excluding carboxylic acids is 3. The van der Waals surface area contributed by atoms with Gasteiger partial charge in [0.2, 0.25) is 0 Å². The number of carbonyl (C=O) groups is 3. The zero-order valence-corrected chi connectivity index (χ0v) is 35.3. The fourth-order valence-corrected chi connectivity index (χ4v) is 14.6. The quantitative estimate of drug-likeness (QED) is 0.134. The van der Waals surface area contributed by atoms with Crippen LogP contribution in [0.2, 0.25) is 0 Å². The molecule has 4 saturated carbocycles. The highest BCUT2D eigenvalue weighted by atomic mass is 16.6. The smallest absolute Gasteiger partial charge is 0.313 e. The second kappa shape index (κ2) is 12.6. The van der Waals surface area contributed by atoms with E-state index in [0.29, 0.717) is 37.7 Å². The van der Waals surface area contributed by atoms with Gasteiger partial charge in [0.05, 0.1) is 23.7 Å². The molecule has 3 aromatic carbocycles. The van der Waals surface area contributed by atoms with Gasteiger partial charge in [-0.1, -0.05) is 131 Å². The van der Waals surface area contributed by atoms with Gasteiger partial charge in [-0.2, -0.15) is 0 Å². The monoisotopic (exact) mass is 793 g/mol. The number of fused-ring (bicyclic) bond motifs is 3. The number of ketones is 1. The number of hydrogen-bond donors (Lipinski definition) is 2. The van der Waals surface area contributed by atoms with Crippen molar-refractivity contribution in [2.45, 2.75) is 116 Å². The average molecular weight is 794 g/mol. The van der Waals surface area contributed by atoms with Crippen LogP contribution >= 0.6 is 0 Å². The fourth-order valence-electron chi connectivity index (χ4n) is 14.6. The molecule has 1 aliphatic heterocycles. The van der Waals surface area contributed by atoms with Gasteiger partial charge in [-0.3, -0.25) is 14.4 Å². The van der Waals surface area contributed by atoms with E-state index in [1.807, 2.05) is 98.5 Å². The second-order valence-electron chi connectivity index (χ2n) is 20.9. The maximum absolute atomic E-state index is 15.6. The maximum Gasteiger partial charge on any atom is 0.313 e. The van der Waals surface area contributed by atoms with Crippen molar-refractivity contribution < 1.29 is 29.3 Å². The third-order valence-corrected chi connectivity index (χ3v) is 18.6. The molecule has 308 valence electrons. The van der Waals surface area contributed by atoms with Crippen molar-refractivity contribution in [2.75, 3.05) is 6.54 Å². The summed E-state index contributed by atoms with van der Waals surface area (Å²) in [5.74, 6) is -0.468. The van der Waals surface area contributed by atoms with E-state index in [1.165, 1.54) is 0 Å². The molecule has 8 aliphatic rings. The lowest BCUT2D eigenvalue weighted by Crippen LogP contribution is -2.67. The van der Waals surface area contributed by atoms with E-state index in [9.17, 15) is 15.0 Å². The van der Waals surface area contributed by atoms with Crippen LogP contribution in [0.4, 0.5) is 0 Å². The molecule has 2 N–H and O–H groups in total. The number of benzene rings is 3. The van der Waals surface area contributed by atoms with Crippen LogP contribution in [0.15, 0.2) is 109 Å². The molecule has 1 unspecified atom stereocenters. The molecule has 2 spiro atoms. The zero-order chi connectivity index (χ0) is 41.4. The van der Waals surface area contributed by atoms with Gasteiger partial charge in [0.15, 0.2) is 11.4 Å². The normalized spacial score (nSPS) is 40.8. The van der Waals surface area contributed by atoms with Crippen LogP contribution in [0.25, 0.3) is 11.1 Å². The Morgan fingerprint density at radius 2 is 1.41 bits per heavy atom. The van der Waals surface area contributed by atoms with E-state index < -0.39 is 44.4 Å². The Morgan fingerprint density at radius 3 is 2.10 bits per heavy atom. The van der Waals surface area contributed by atoms with E-state index in [-0.39, 0.29) is 48.0 Å². The van der Waals surface area contributed by atoms with Crippen molar-refractivity contribution in [2.24, 2.45) is 44.3 Å². The Bertz CT molecular complexity index is 2320. The fraction of sp³-hybridized carbons (Fsp3) is 0.519. The van der Waals surface area contributed by atoms with Gasteiger partial charge < -0.3 is 19.8 Å². The zero-order valence-electron chi connectivity index (χ0n) is 35.3. The Morgan fingerprint density at radius 1 is 0.763 bits per heavy atom. The van der Waals surface area contributed by atoms with Gasteiger partial charge in [0.1, 0.15) is 0 Å². The molecule has 1 amide bonds. The van der Waals surface area contributed by atoms with Crippen molar-refractivity contribution in [3.05, 3.63) is 120 Å².